The van der Waals surface area contributed by atoms with E-state index in [0.717, 1.165) is 23.8 Å². The summed E-state index contributed by atoms with van der Waals surface area (Å²) in [6.07, 6.45) is 1.87. The number of hydrogen-bond acceptors (Lipinski definition) is 6. The maximum absolute atomic E-state index is 14.3. The Labute approximate surface area is 281 Å². The van der Waals surface area contributed by atoms with Crippen LogP contribution in [-0.4, -0.2) is 35.6 Å². The highest BCUT2D eigenvalue weighted by atomic mass is 127. The molecule has 3 aromatic carbocycles. The van der Waals surface area contributed by atoms with Crippen LogP contribution in [0.4, 0.5) is 0 Å². The number of allylic oxidation sites excluding steroid dienone is 1. The lowest BCUT2D eigenvalue weighted by molar-refractivity contribution is -0.127. The van der Waals surface area contributed by atoms with Crippen LogP contribution in [0.2, 0.25) is 0 Å². The number of fused-ring (bicyclic) bond motifs is 1. The highest BCUT2D eigenvalue weighted by Crippen LogP contribution is 2.36. The number of thiazole rings is 1. The van der Waals surface area contributed by atoms with Gasteiger partial charge in [0.05, 0.1) is 26.5 Å². The molecule has 4 aromatic rings. The van der Waals surface area contributed by atoms with Crippen molar-refractivity contribution in [1.82, 2.24) is 9.47 Å². The molecule has 0 spiro atoms. The molecular weight excluding hydrogens is 788 g/mol. The molecular formula is C33H31I2N3O4S. The van der Waals surface area contributed by atoms with Crippen LogP contribution < -0.4 is 24.4 Å². The van der Waals surface area contributed by atoms with Gasteiger partial charge in [-0.2, -0.15) is 0 Å². The predicted molar refractivity (Wildman–Crippen MR) is 187 cm³/mol. The minimum absolute atomic E-state index is 0.139. The van der Waals surface area contributed by atoms with E-state index in [-0.39, 0.29) is 11.5 Å². The Kier molecular flexibility index (Phi) is 10.1. The van der Waals surface area contributed by atoms with Crippen molar-refractivity contribution in [2.45, 2.75) is 33.4 Å². The molecule has 0 saturated carbocycles. The molecule has 10 heteroatoms. The van der Waals surface area contributed by atoms with Gasteiger partial charge in [0.15, 0.2) is 4.80 Å². The number of hydrogen-bond donors (Lipinski definition) is 0. The van der Waals surface area contributed by atoms with E-state index in [0.29, 0.717) is 51.8 Å². The van der Waals surface area contributed by atoms with Gasteiger partial charge in [0, 0.05) is 27.8 Å². The predicted octanol–water partition coefficient (Wildman–Crippen LogP) is 5.90. The highest BCUT2D eigenvalue weighted by Gasteiger charge is 2.35. The average Bonchev–Trinajstić information content (AvgIpc) is 3.30. The van der Waals surface area contributed by atoms with Gasteiger partial charge in [-0.05, 0) is 95.8 Å². The topological polar surface area (TPSA) is 73.1 Å². The normalized spacial score (nSPS) is 14.7. The molecule has 0 saturated heterocycles. The van der Waals surface area contributed by atoms with Gasteiger partial charge in [0.2, 0.25) is 0 Å². The van der Waals surface area contributed by atoms with Gasteiger partial charge in [0.1, 0.15) is 24.1 Å². The van der Waals surface area contributed by atoms with Crippen LogP contribution in [0.3, 0.4) is 0 Å². The second-order valence-electron chi connectivity index (χ2n) is 9.88. The largest absolute Gasteiger partial charge is 0.496 e. The van der Waals surface area contributed by atoms with Crippen LogP contribution in [0.5, 0.6) is 11.5 Å². The summed E-state index contributed by atoms with van der Waals surface area (Å²) in [5.74, 6) is 1.18. The molecule has 7 nitrogen and oxygen atoms in total. The van der Waals surface area contributed by atoms with E-state index in [1.54, 1.807) is 16.6 Å². The Morgan fingerprint density at radius 1 is 1.07 bits per heavy atom. The van der Waals surface area contributed by atoms with Crippen molar-refractivity contribution in [3.63, 3.8) is 0 Å². The molecule has 0 aliphatic carbocycles. The van der Waals surface area contributed by atoms with Gasteiger partial charge >= 0.3 is 0 Å². The number of carbonyl (C=O) groups is 1. The summed E-state index contributed by atoms with van der Waals surface area (Å²) in [5.41, 5.74) is 3.44. The molecule has 0 N–H and O–H groups in total. The highest BCUT2D eigenvalue weighted by molar-refractivity contribution is 14.1. The van der Waals surface area contributed by atoms with Crippen molar-refractivity contribution in [3.05, 3.63) is 122 Å². The van der Waals surface area contributed by atoms with Crippen molar-refractivity contribution in [2.75, 3.05) is 20.2 Å². The first kappa shape index (κ1) is 31.5. The Bertz CT molecular complexity index is 1880. The molecule has 43 heavy (non-hydrogen) atoms. The monoisotopic (exact) mass is 819 g/mol. The fourth-order valence-corrected chi connectivity index (χ4v) is 8.26. The summed E-state index contributed by atoms with van der Waals surface area (Å²) in [5, 5.41) is 0. The molecule has 0 radical (unpaired) electrons. The third kappa shape index (κ3) is 6.46. The maximum atomic E-state index is 14.3. The number of ether oxygens (including phenoxy) is 2. The van der Waals surface area contributed by atoms with Crippen molar-refractivity contribution >= 4 is 68.5 Å². The second-order valence-corrected chi connectivity index (χ2v) is 13.3. The lowest BCUT2D eigenvalue weighted by Crippen LogP contribution is -2.43. The van der Waals surface area contributed by atoms with E-state index >= 15 is 0 Å². The first-order valence-corrected chi connectivity index (χ1v) is 16.8. The number of likely N-dealkylation sites (N-methyl/N-ethyl adjacent to an activating group) is 1. The molecule has 1 aliphatic heterocycles. The average molecular weight is 820 g/mol. The first-order valence-electron chi connectivity index (χ1n) is 13.9. The van der Waals surface area contributed by atoms with E-state index in [1.807, 2.05) is 87.5 Å². The number of benzene rings is 3. The van der Waals surface area contributed by atoms with E-state index in [2.05, 4.69) is 51.2 Å². The smallest absolute Gasteiger partial charge is 0.271 e. The van der Waals surface area contributed by atoms with Crippen LogP contribution in [0.15, 0.2) is 87.8 Å². The lowest BCUT2D eigenvalue weighted by atomic mass is 9.94. The van der Waals surface area contributed by atoms with Crippen LogP contribution in [0.25, 0.3) is 6.08 Å². The van der Waals surface area contributed by atoms with E-state index in [1.165, 1.54) is 11.3 Å². The molecule has 0 unspecified atom stereocenters. The number of halogens is 2. The van der Waals surface area contributed by atoms with E-state index < -0.39 is 6.04 Å². The number of nitrogens with zero attached hydrogens (tertiary/aromatic N) is 3. The Morgan fingerprint density at radius 3 is 2.47 bits per heavy atom. The van der Waals surface area contributed by atoms with Crippen molar-refractivity contribution in [1.29, 1.82) is 0 Å². The zero-order valence-electron chi connectivity index (χ0n) is 24.3. The number of rotatable bonds is 9. The van der Waals surface area contributed by atoms with Gasteiger partial charge in [-0.3, -0.25) is 14.2 Å². The van der Waals surface area contributed by atoms with Gasteiger partial charge in [-0.25, -0.2) is 4.99 Å². The zero-order valence-corrected chi connectivity index (χ0v) is 29.4. The van der Waals surface area contributed by atoms with Gasteiger partial charge in [-0.15, -0.1) is 0 Å². The van der Waals surface area contributed by atoms with Crippen molar-refractivity contribution < 1.29 is 14.3 Å². The Hall–Kier alpha value is -2.97. The van der Waals surface area contributed by atoms with Crippen molar-refractivity contribution in [3.8, 4) is 11.5 Å². The number of amides is 1. The summed E-state index contributed by atoms with van der Waals surface area (Å²) in [4.78, 5) is 35.3. The SMILES string of the molecule is CCN(CC)C(=O)C1=C(C)N=c2s/c(=C/c3cc(I)cc(I)c3OCc3ccccc3)c(=O)n2[C@@H]1c1ccccc1OC. The van der Waals surface area contributed by atoms with Crippen LogP contribution in [-0.2, 0) is 11.4 Å². The Morgan fingerprint density at radius 2 is 1.77 bits per heavy atom. The van der Waals surface area contributed by atoms with Crippen LogP contribution in [0.1, 0.15) is 43.5 Å². The Balaban J connectivity index is 1.69. The molecule has 1 aliphatic rings. The van der Waals surface area contributed by atoms with Gasteiger partial charge in [0.25, 0.3) is 11.5 Å². The molecule has 0 bridgehead atoms. The maximum Gasteiger partial charge on any atom is 0.271 e. The number of para-hydroxylation sites is 1. The first-order chi connectivity index (χ1) is 20.8. The number of methoxy groups -OCH3 is 1. The summed E-state index contributed by atoms with van der Waals surface area (Å²) in [7, 11) is 1.60. The number of carbonyl (C=O) groups excluding carboxylic acids is 1. The van der Waals surface area contributed by atoms with Gasteiger partial charge in [-0.1, -0.05) is 59.9 Å². The fourth-order valence-electron chi connectivity index (χ4n) is 5.17. The molecule has 5 rings (SSSR count). The van der Waals surface area contributed by atoms with Crippen LogP contribution >= 0.6 is 56.5 Å². The summed E-state index contributed by atoms with van der Waals surface area (Å²) >= 11 is 5.86. The van der Waals surface area contributed by atoms with Crippen molar-refractivity contribution in [2.24, 2.45) is 4.99 Å². The van der Waals surface area contributed by atoms with E-state index in [9.17, 15) is 9.59 Å². The lowest BCUT2D eigenvalue weighted by Gasteiger charge is -2.29. The minimum atomic E-state index is -0.688. The molecule has 1 amide bonds. The second kappa shape index (κ2) is 13.8. The third-order valence-corrected chi connectivity index (χ3v) is 9.69. The molecule has 1 atom stereocenters. The van der Waals surface area contributed by atoms with Crippen LogP contribution in [0, 0.1) is 7.14 Å². The molecule has 2 heterocycles. The number of aromatic nitrogens is 1. The molecule has 0 fully saturated rings. The summed E-state index contributed by atoms with van der Waals surface area (Å²) in [6, 6.07) is 20.9. The standard InChI is InChI=1S/C33H31I2N3O4S/c1-5-37(6-2)32(40)28-20(3)36-33-38(29(28)24-14-10-11-15-26(24)41-4)31(39)27(43-33)17-22-16-23(34)18-25(35)30(22)42-19-21-12-8-7-9-13-21/h7-18,29H,5-6,19H2,1-4H3/b27-17+/t29-/m1/s1. The fraction of sp³-hybridized carbons (Fsp3) is 0.242. The molecule has 1 aromatic heterocycles. The van der Waals surface area contributed by atoms with E-state index in [4.69, 9.17) is 14.5 Å². The summed E-state index contributed by atoms with van der Waals surface area (Å²) < 4.78 is 16.2. The quantitative estimate of drug-likeness (QED) is 0.198. The van der Waals surface area contributed by atoms with Gasteiger partial charge < -0.3 is 14.4 Å². The summed E-state index contributed by atoms with van der Waals surface area (Å²) in [6.45, 7) is 7.24. The molecule has 222 valence electrons. The third-order valence-electron chi connectivity index (χ3n) is 7.29. The zero-order chi connectivity index (χ0) is 30.7. The minimum Gasteiger partial charge on any atom is -0.496 e.